The van der Waals surface area contributed by atoms with Crippen LogP contribution in [0.3, 0.4) is 0 Å². The van der Waals surface area contributed by atoms with Crippen LogP contribution in [0.4, 0.5) is 5.95 Å². The fraction of sp³-hybridized carbons (Fsp3) is 0. The van der Waals surface area contributed by atoms with E-state index < -0.39 is 0 Å². The van der Waals surface area contributed by atoms with Crippen molar-refractivity contribution in [3.63, 3.8) is 0 Å². The largest absolute Gasteiger partial charge is 0.508 e. The lowest BCUT2D eigenvalue weighted by Crippen LogP contribution is -2.07. The van der Waals surface area contributed by atoms with E-state index in [9.17, 15) is 9.90 Å². The van der Waals surface area contributed by atoms with E-state index in [-0.39, 0.29) is 34.1 Å². The summed E-state index contributed by atoms with van der Waals surface area (Å²) in [5.74, 6) is 0.251. The van der Waals surface area contributed by atoms with Gasteiger partial charge in [-0.3, -0.25) is 4.79 Å². The maximum absolute atomic E-state index is 11.9. The molecule has 3 rings (SSSR count). The van der Waals surface area contributed by atoms with Crippen LogP contribution < -0.4 is 11.2 Å². The zero-order valence-corrected chi connectivity index (χ0v) is 9.57. The molecular formula is C12H8N4O3. The van der Waals surface area contributed by atoms with Crippen molar-refractivity contribution in [3.05, 3.63) is 40.6 Å². The molecular weight excluding hydrogens is 248 g/mol. The topological polar surface area (TPSA) is 115 Å². The Morgan fingerprint density at radius 1 is 1.21 bits per heavy atom. The third kappa shape index (κ3) is 1.97. The Morgan fingerprint density at radius 2 is 2.05 bits per heavy atom. The molecule has 1 aromatic carbocycles. The molecule has 0 bridgehead atoms. The molecule has 0 unspecified atom stereocenters. The smallest absolute Gasteiger partial charge is 0.269 e. The van der Waals surface area contributed by atoms with Crippen LogP contribution in [0.1, 0.15) is 0 Å². The molecule has 0 aliphatic heterocycles. The average Bonchev–Trinajstić information content (AvgIpc) is 2.39. The minimum absolute atomic E-state index is 0.0000397. The molecule has 3 aromatic rings. The molecule has 2 heterocycles. The fourth-order valence-electron chi connectivity index (χ4n) is 1.68. The molecule has 94 valence electrons. The van der Waals surface area contributed by atoms with Crippen molar-refractivity contribution >= 4 is 17.2 Å². The first-order valence-corrected chi connectivity index (χ1v) is 5.37. The standard InChI is InChI=1S/C12H8N4O3/c13-12-14-10-8(18)5-9(19-11(10)15-16-12)6-2-1-3-7(17)4-6/h1-5,17H,(H2,13,14,16). The Hall–Kier alpha value is -2.96. The van der Waals surface area contributed by atoms with Crippen molar-refractivity contribution in [2.45, 2.75) is 0 Å². The molecule has 0 spiro atoms. The van der Waals surface area contributed by atoms with Gasteiger partial charge in [-0.2, -0.15) is 0 Å². The number of hydrogen-bond acceptors (Lipinski definition) is 7. The molecule has 7 heteroatoms. The van der Waals surface area contributed by atoms with Crippen LogP contribution in [0.2, 0.25) is 0 Å². The molecule has 0 radical (unpaired) electrons. The molecule has 3 N–H and O–H groups in total. The lowest BCUT2D eigenvalue weighted by Gasteiger charge is -2.02. The zero-order chi connectivity index (χ0) is 13.4. The second-order valence-corrected chi connectivity index (χ2v) is 3.85. The van der Waals surface area contributed by atoms with E-state index in [0.717, 1.165) is 0 Å². The number of aromatic nitrogens is 3. The quantitative estimate of drug-likeness (QED) is 0.665. The first-order chi connectivity index (χ1) is 9.13. The van der Waals surface area contributed by atoms with Gasteiger partial charge in [0.05, 0.1) is 0 Å². The van der Waals surface area contributed by atoms with Crippen LogP contribution in [0.5, 0.6) is 5.75 Å². The highest BCUT2D eigenvalue weighted by molar-refractivity contribution is 5.71. The number of nitrogens with two attached hydrogens (primary N) is 1. The highest BCUT2D eigenvalue weighted by atomic mass is 16.3. The van der Waals surface area contributed by atoms with Crippen molar-refractivity contribution in [3.8, 4) is 17.1 Å². The summed E-state index contributed by atoms with van der Waals surface area (Å²) in [6.07, 6.45) is 0. The summed E-state index contributed by atoms with van der Waals surface area (Å²) in [6.45, 7) is 0. The molecule has 2 aromatic heterocycles. The van der Waals surface area contributed by atoms with E-state index in [0.29, 0.717) is 5.56 Å². The van der Waals surface area contributed by atoms with Gasteiger partial charge >= 0.3 is 0 Å². The molecule has 0 aliphatic carbocycles. The van der Waals surface area contributed by atoms with Gasteiger partial charge in [-0.15, -0.1) is 10.2 Å². The number of anilines is 1. The summed E-state index contributed by atoms with van der Waals surface area (Å²) in [4.78, 5) is 15.7. The molecule has 0 amide bonds. The second kappa shape index (κ2) is 4.05. The molecule has 0 saturated heterocycles. The number of nitrogens with zero attached hydrogens (tertiary/aromatic N) is 3. The molecule has 0 saturated carbocycles. The minimum atomic E-state index is -0.374. The van der Waals surface area contributed by atoms with E-state index in [4.69, 9.17) is 10.2 Å². The number of phenolic OH excluding ortho intramolecular Hbond substituents is 1. The van der Waals surface area contributed by atoms with Crippen molar-refractivity contribution in [2.24, 2.45) is 0 Å². The normalized spacial score (nSPS) is 10.7. The lowest BCUT2D eigenvalue weighted by atomic mass is 10.1. The minimum Gasteiger partial charge on any atom is -0.508 e. The van der Waals surface area contributed by atoms with Crippen LogP contribution in [0, 0.1) is 0 Å². The Morgan fingerprint density at radius 3 is 2.84 bits per heavy atom. The van der Waals surface area contributed by atoms with Crippen molar-refractivity contribution in [1.82, 2.24) is 15.2 Å². The Labute approximate surface area is 106 Å². The van der Waals surface area contributed by atoms with Crippen LogP contribution in [0.25, 0.3) is 22.6 Å². The number of rotatable bonds is 1. The van der Waals surface area contributed by atoms with Gasteiger partial charge in [0.25, 0.3) is 5.71 Å². The van der Waals surface area contributed by atoms with Gasteiger partial charge in [0.15, 0.2) is 5.52 Å². The lowest BCUT2D eigenvalue weighted by molar-refractivity contribution is 0.475. The maximum atomic E-state index is 11.9. The predicted molar refractivity (Wildman–Crippen MR) is 67.4 cm³/mol. The highest BCUT2D eigenvalue weighted by Crippen LogP contribution is 2.23. The summed E-state index contributed by atoms with van der Waals surface area (Å²) in [5.41, 5.74) is 5.57. The van der Waals surface area contributed by atoms with Crippen LogP contribution in [-0.2, 0) is 0 Å². The first kappa shape index (κ1) is 11.1. The Kier molecular flexibility index (Phi) is 2.38. The van der Waals surface area contributed by atoms with Crippen molar-refractivity contribution in [2.75, 3.05) is 5.73 Å². The van der Waals surface area contributed by atoms with Crippen LogP contribution >= 0.6 is 0 Å². The fourth-order valence-corrected chi connectivity index (χ4v) is 1.68. The second-order valence-electron chi connectivity index (χ2n) is 3.85. The number of aromatic hydroxyl groups is 1. The summed E-state index contributed by atoms with van der Waals surface area (Å²) in [7, 11) is 0. The third-order valence-electron chi connectivity index (χ3n) is 2.51. The third-order valence-corrected chi connectivity index (χ3v) is 2.51. The van der Waals surface area contributed by atoms with Gasteiger partial charge < -0.3 is 15.3 Å². The molecule has 0 fully saturated rings. The van der Waals surface area contributed by atoms with E-state index in [1.807, 2.05) is 0 Å². The number of phenols is 1. The van der Waals surface area contributed by atoms with Gasteiger partial charge in [-0.05, 0) is 12.1 Å². The van der Waals surface area contributed by atoms with Crippen LogP contribution in [0.15, 0.2) is 39.5 Å². The number of nitrogen functional groups attached to an aromatic ring is 1. The Bertz CT molecular complexity index is 829. The molecule has 0 atom stereocenters. The van der Waals surface area contributed by atoms with E-state index >= 15 is 0 Å². The summed E-state index contributed by atoms with van der Waals surface area (Å²) in [6, 6.07) is 7.60. The summed E-state index contributed by atoms with van der Waals surface area (Å²) >= 11 is 0. The average molecular weight is 256 g/mol. The first-order valence-electron chi connectivity index (χ1n) is 5.37. The highest BCUT2D eigenvalue weighted by Gasteiger charge is 2.10. The van der Waals surface area contributed by atoms with Gasteiger partial charge in [0.2, 0.25) is 11.4 Å². The Balaban J connectivity index is 2.27. The van der Waals surface area contributed by atoms with Gasteiger partial charge in [-0.1, -0.05) is 12.1 Å². The SMILES string of the molecule is Nc1nnc2oc(-c3cccc(O)c3)cc(=O)c2n1. The van der Waals surface area contributed by atoms with Crippen LogP contribution in [-0.4, -0.2) is 20.3 Å². The molecule has 7 nitrogen and oxygen atoms in total. The summed E-state index contributed by atoms with van der Waals surface area (Å²) in [5, 5.41) is 16.6. The van der Waals surface area contributed by atoms with E-state index in [2.05, 4.69) is 15.2 Å². The van der Waals surface area contributed by atoms with E-state index in [1.165, 1.54) is 18.2 Å². The van der Waals surface area contributed by atoms with Gasteiger partial charge in [0, 0.05) is 11.6 Å². The van der Waals surface area contributed by atoms with Crippen molar-refractivity contribution < 1.29 is 9.52 Å². The van der Waals surface area contributed by atoms with Gasteiger partial charge in [0.1, 0.15) is 11.5 Å². The number of benzene rings is 1. The maximum Gasteiger partial charge on any atom is 0.269 e. The number of hydrogen-bond donors (Lipinski definition) is 2. The zero-order valence-electron chi connectivity index (χ0n) is 9.57. The predicted octanol–water partition coefficient (Wildman–Crippen LogP) is 0.933. The van der Waals surface area contributed by atoms with E-state index in [1.54, 1.807) is 12.1 Å². The van der Waals surface area contributed by atoms with Crippen molar-refractivity contribution in [1.29, 1.82) is 0 Å². The molecule has 19 heavy (non-hydrogen) atoms. The van der Waals surface area contributed by atoms with Gasteiger partial charge in [-0.25, -0.2) is 4.98 Å². The summed E-state index contributed by atoms with van der Waals surface area (Å²) < 4.78 is 5.44. The number of fused-ring (bicyclic) bond motifs is 1. The monoisotopic (exact) mass is 256 g/mol. The molecule has 0 aliphatic rings.